The lowest BCUT2D eigenvalue weighted by molar-refractivity contribution is 0.00659. The SMILES string of the molecule is CC(C)COC(=O)N(C)C1CCC(OCCCCN(C)C)CC1. The summed E-state index contributed by atoms with van der Waals surface area (Å²) in [6.45, 7) is 6.58. The van der Waals surface area contributed by atoms with Crippen molar-refractivity contribution < 1.29 is 14.3 Å². The Morgan fingerprint density at radius 1 is 1.09 bits per heavy atom. The maximum absolute atomic E-state index is 12.0. The van der Waals surface area contributed by atoms with Gasteiger partial charge in [-0.1, -0.05) is 13.8 Å². The smallest absolute Gasteiger partial charge is 0.409 e. The molecule has 1 amide bonds. The number of rotatable bonds is 9. The van der Waals surface area contributed by atoms with E-state index in [2.05, 4.69) is 19.0 Å². The second-order valence-electron chi connectivity index (χ2n) is 7.39. The molecule has 5 heteroatoms. The molecule has 23 heavy (non-hydrogen) atoms. The van der Waals surface area contributed by atoms with E-state index >= 15 is 0 Å². The van der Waals surface area contributed by atoms with E-state index in [4.69, 9.17) is 9.47 Å². The normalized spacial score (nSPS) is 21.7. The van der Waals surface area contributed by atoms with Gasteiger partial charge in [0.15, 0.2) is 0 Å². The summed E-state index contributed by atoms with van der Waals surface area (Å²) in [7, 11) is 6.06. The molecule has 0 bridgehead atoms. The van der Waals surface area contributed by atoms with E-state index in [0.717, 1.165) is 45.3 Å². The Morgan fingerprint density at radius 2 is 1.74 bits per heavy atom. The number of unbranched alkanes of at least 4 members (excludes halogenated alkanes) is 1. The zero-order valence-corrected chi connectivity index (χ0v) is 15.7. The lowest BCUT2D eigenvalue weighted by Gasteiger charge is -2.34. The quantitative estimate of drug-likeness (QED) is 0.609. The Kier molecular flexibility index (Phi) is 9.56. The number of nitrogens with zero attached hydrogens (tertiary/aromatic N) is 2. The van der Waals surface area contributed by atoms with Gasteiger partial charge in [0.05, 0.1) is 12.7 Å². The molecule has 0 aromatic rings. The van der Waals surface area contributed by atoms with Crippen LogP contribution in [0.5, 0.6) is 0 Å². The van der Waals surface area contributed by atoms with E-state index in [0.29, 0.717) is 24.7 Å². The average molecular weight is 328 g/mol. The summed E-state index contributed by atoms with van der Waals surface area (Å²) in [6, 6.07) is 0.295. The number of ether oxygens (including phenoxy) is 2. The molecule has 0 unspecified atom stereocenters. The van der Waals surface area contributed by atoms with Crippen LogP contribution in [0.2, 0.25) is 0 Å². The van der Waals surface area contributed by atoms with Crippen LogP contribution in [0.25, 0.3) is 0 Å². The summed E-state index contributed by atoms with van der Waals surface area (Å²) in [5.74, 6) is 0.379. The van der Waals surface area contributed by atoms with Gasteiger partial charge in [0.1, 0.15) is 0 Å². The Hall–Kier alpha value is -0.810. The first-order chi connectivity index (χ1) is 10.9. The molecule has 0 aromatic heterocycles. The van der Waals surface area contributed by atoms with Gasteiger partial charge in [0.2, 0.25) is 0 Å². The third-order valence-corrected chi connectivity index (χ3v) is 4.37. The molecule has 1 aliphatic rings. The van der Waals surface area contributed by atoms with Gasteiger partial charge < -0.3 is 19.3 Å². The third-order valence-electron chi connectivity index (χ3n) is 4.37. The number of amides is 1. The number of hydrogen-bond acceptors (Lipinski definition) is 4. The van der Waals surface area contributed by atoms with Crippen molar-refractivity contribution >= 4 is 6.09 Å². The Bertz CT molecular complexity index is 326. The molecule has 1 rings (SSSR count). The molecule has 136 valence electrons. The largest absolute Gasteiger partial charge is 0.449 e. The molecule has 1 fully saturated rings. The lowest BCUT2D eigenvalue weighted by Crippen LogP contribution is -2.41. The van der Waals surface area contributed by atoms with Crippen LogP contribution in [0.3, 0.4) is 0 Å². The fourth-order valence-electron chi connectivity index (χ4n) is 2.87. The van der Waals surface area contributed by atoms with Crippen molar-refractivity contribution in [3.05, 3.63) is 0 Å². The van der Waals surface area contributed by atoms with Gasteiger partial charge in [-0.2, -0.15) is 0 Å². The van der Waals surface area contributed by atoms with Crippen LogP contribution in [0, 0.1) is 5.92 Å². The van der Waals surface area contributed by atoms with Crippen molar-refractivity contribution in [2.24, 2.45) is 5.92 Å². The molecule has 1 saturated carbocycles. The Labute approximate surface area is 142 Å². The Balaban J connectivity index is 2.15. The van der Waals surface area contributed by atoms with Gasteiger partial charge in [0.25, 0.3) is 0 Å². The molecule has 0 atom stereocenters. The van der Waals surface area contributed by atoms with Crippen molar-refractivity contribution in [2.75, 3.05) is 40.9 Å². The molecule has 0 aromatic carbocycles. The molecule has 0 spiro atoms. The third kappa shape index (κ3) is 8.56. The average Bonchev–Trinajstić information content (AvgIpc) is 2.51. The number of hydrogen-bond donors (Lipinski definition) is 0. The van der Waals surface area contributed by atoms with E-state index < -0.39 is 0 Å². The van der Waals surface area contributed by atoms with Crippen LogP contribution < -0.4 is 0 Å². The second kappa shape index (κ2) is 10.9. The minimum atomic E-state index is -0.188. The van der Waals surface area contributed by atoms with E-state index in [-0.39, 0.29) is 6.09 Å². The molecule has 0 N–H and O–H groups in total. The molecule has 0 aliphatic heterocycles. The summed E-state index contributed by atoms with van der Waals surface area (Å²) < 4.78 is 11.3. The van der Waals surface area contributed by atoms with Crippen molar-refractivity contribution in [3.63, 3.8) is 0 Å². The van der Waals surface area contributed by atoms with Crippen LogP contribution in [0.15, 0.2) is 0 Å². The molecular formula is C18H36N2O3. The zero-order chi connectivity index (χ0) is 17.2. The Morgan fingerprint density at radius 3 is 2.30 bits per heavy atom. The fraction of sp³-hybridized carbons (Fsp3) is 0.944. The standard InChI is InChI=1S/C18H36N2O3/c1-15(2)14-23-18(21)20(5)16-8-10-17(11-9-16)22-13-7-6-12-19(3)4/h15-17H,6-14H2,1-5H3. The lowest BCUT2D eigenvalue weighted by atomic mass is 9.92. The highest BCUT2D eigenvalue weighted by Crippen LogP contribution is 2.25. The van der Waals surface area contributed by atoms with Crippen LogP contribution in [-0.4, -0.2) is 68.9 Å². The molecule has 0 saturated heterocycles. The molecular weight excluding hydrogens is 292 g/mol. The monoisotopic (exact) mass is 328 g/mol. The molecule has 0 radical (unpaired) electrons. The van der Waals surface area contributed by atoms with Crippen molar-refractivity contribution in [1.82, 2.24) is 9.80 Å². The summed E-state index contributed by atoms with van der Waals surface area (Å²) in [4.78, 5) is 16.0. The zero-order valence-electron chi connectivity index (χ0n) is 15.7. The van der Waals surface area contributed by atoms with Gasteiger partial charge in [-0.05, 0) is 65.1 Å². The van der Waals surface area contributed by atoms with E-state index in [9.17, 15) is 4.79 Å². The van der Waals surface area contributed by atoms with E-state index in [1.807, 2.05) is 20.9 Å². The van der Waals surface area contributed by atoms with Gasteiger partial charge in [-0.25, -0.2) is 4.79 Å². The van der Waals surface area contributed by atoms with Gasteiger partial charge in [-0.15, -0.1) is 0 Å². The minimum Gasteiger partial charge on any atom is -0.449 e. The van der Waals surface area contributed by atoms with E-state index in [1.165, 1.54) is 6.42 Å². The minimum absolute atomic E-state index is 0.188. The predicted molar refractivity (Wildman–Crippen MR) is 93.7 cm³/mol. The number of carbonyl (C=O) groups is 1. The summed E-state index contributed by atoms with van der Waals surface area (Å²) >= 11 is 0. The second-order valence-corrected chi connectivity index (χ2v) is 7.39. The van der Waals surface area contributed by atoms with Crippen LogP contribution in [0.4, 0.5) is 4.79 Å². The highest BCUT2D eigenvalue weighted by Gasteiger charge is 2.27. The summed E-state index contributed by atoms with van der Waals surface area (Å²) in [6.07, 6.45) is 6.59. The van der Waals surface area contributed by atoms with E-state index in [1.54, 1.807) is 4.90 Å². The first-order valence-electron chi connectivity index (χ1n) is 9.06. The topological polar surface area (TPSA) is 42.0 Å². The van der Waals surface area contributed by atoms with Gasteiger partial charge >= 0.3 is 6.09 Å². The summed E-state index contributed by atoms with van der Waals surface area (Å²) in [5, 5.41) is 0. The van der Waals surface area contributed by atoms with Crippen molar-refractivity contribution in [2.45, 2.75) is 64.5 Å². The van der Waals surface area contributed by atoms with Crippen molar-refractivity contribution in [1.29, 1.82) is 0 Å². The number of carbonyl (C=O) groups excluding carboxylic acids is 1. The highest BCUT2D eigenvalue weighted by atomic mass is 16.6. The van der Waals surface area contributed by atoms with Gasteiger partial charge in [0, 0.05) is 19.7 Å². The van der Waals surface area contributed by atoms with Gasteiger partial charge in [-0.3, -0.25) is 0 Å². The first-order valence-corrected chi connectivity index (χ1v) is 9.06. The summed E-state index contributed by atoms with van der Waals surface area (Å²) in [5.41, 5.74) is 0. The fourth-order valence-corrected chi connectivity index (χ4v) is 2.87. The maximum Gasteiger partial charge on any atom is 0.409 e. The first kappa shape index (κ1) is 20.2. The highest BCUT2D eigenvalue weighted by molar-refractivity contribution is 5.67. The van der Waals surface area contributed by atoms with Crippen LogP contribution >= 0.6 is 0 Å². The molecule has 5 nitrogen and oxygen atoms in total. The van der Waals surface area contributed by atoms with Crippen molar-refractivity contribution in [3.8, 4) is 0 Å². The predicted octanol–water partition coefficient (Wildman–Crippen LogP) is 3.38. The molecule has 1 aliphatic carbocycles. The molecule has 0 heterocycles. The van der Waals surface area contributed by atoms with Crippen LogP contribution in [0.1, 0.15) is 52.4 Å². The van der Waals surface area contributed by atoms with Crippen LogP contribution in [-0.2, 0) is 9.47 Å². The maximum atomic E-state index is 12.0.